The van der Waals surface area contributed by atoms with Gasteiger partial charge in [-0.2, -0.15) is 0 Å². The average molecular weight is 142 g/mol. The van der Waals surface area contributed by atoms with Gasteiger partial charge in [0.1, 0.15) is 0 Å². The highest BCUT2D eigenvalue weighted by Crippen LogP contribution is 2.09. The van der Waals surface area contributed by atoms with Gasteiger partial charge in [0, 0.05) is 4.88 Å². The molecule has 0 aliphatic heterocycles. The highest BCUT2D eigenvalue weighted by atomic mass is 32.1. The largest absolute Gasteiger partial charge is 0.143 e. The van der Waals surface area contributed by atoms with Crippen LogP contribution in [0.5, 0.6) is 0 Å². The third-order valence-corrected chi connectivity index (χ3v) is 1.91. The third-order valence-electron chi connectivity index (χ3n) is 1.23. The smallest absolute Gasteiger partial charge is 0.0784 e. The minimum atomic E-state index is 1.07. The Morgan fingerprint density at radius 3 is 2.78 bits per heavy atom. The molecule has 0 atom stereocenters. The van der Waals surface area contributed by atoms with Gasteiger partial charge in [0.05, 0.1) is 5.69 Å². The Balaban J connectivity index is 2.69. The molecule has 9 heavy (non-hydrogen) atoms. The molecule has 3 heteroatoms. The van der Waals surface area contributed by atoms with Crippen LogP contribution in [0.1, 0.15) is 23.9 Å². The van der Waals surface area contributed by atoms with Crippen LogP contribution in [-0.2, 0) is 6.42 Å². The molecule has 0 unspecified atom stereocenters. The molecule has 1 heterocycles. The summed E-state index contributed by atoms with van der Waals surface area (Å²) in [6.07, 6.45) is 2.23. The van der Waals surface area contributed by atoms with Gasteiger partial charge in [0.2, 0.25) is 0 Å². The number of aromatic nitrogens is 2. The molecule has 0 fully saturated rings. The SMILES string of the molecule is CCCc1nnsc1C. The Bertz CT molecular complexity index is 183. The maximum atomic E-state index is 3.97. The lowest BCUT2D eigenvalue weighted by atomic mass is 10.2. The van der Waals surface area contributed by atoms with E-state index in [9.17, 15) is 0 Å². The summed E-state index contributed by atoms with van der Waals surface area (Å²) in [6, 6.07) is 0. The molecule has 0 spiro atoms. The van der Waals surface area contributed by atoms with E-state index in [0.717, 1.165) is 12.8 Å². The summed E-state index contributed by atoms with van der Waals surface area (Å²) in [7, 11) is 0. The molecule has 0 bridgehead atoms. The lowest BCUT2D eigenvalue weighted by Crippen LogP contribution is -1.84. The van der Waals surface area contributed by atoms with Gasteiger partial charge in [0.25, 0.3) is 0 Å². The molecule has 1 aromatic rings. The van der Waals surface area contributed by atoms with Crippen LogP contribution in [0.4, 0.5) is 0 Å². The van der Waals surface area contributed by atoms with Gasteiger partial charge in [-0.3, -0.25) is 0 Å². The summed E-state index contributed by atoms with van der Waals surface area (Å²) in [6.45, 7) is 4.22. The van der Waals surface area contributed by atoms with E-state index in [-0.39, 0.29) is 0 Å². The zero-order valence-corrected chi connectivity index (χ0v) is 6.53. The summed E-state index contributed by atoms with van der Waals surface area (Å²) in [4.78, 5) is 1.26. The molecule has 1 rings (SSSR count). The molecule has 0 aliphatic rings. The first-order chi connectivity index (χ1) is 4.34. The lowest BCUT2D eigenvalue weighted by molar-refractivity contribution is 0.863. The molecule has 0 saturated heterocycles. The predicted molar refractivity (Wildman–Crippen MR) is 38.6 cm³/mol. The molecule has 50 valence electrons. The van der Waals surface area contributed by atoms with Gasteiger partial charge in [-0.15, -0.1) is 5.10 Å². The van der Waals surface area contributed by atoms with E-state index in [1.807, 2.05) is 0 Å². The molecule has 0 saturated carbocycles. The third kappa shape index (κ3) is 1.48. The van der Waals surface area contributed by atoms with Gasteiger partial charge < -0.3 is 0 Å². The van der Waals surface area contributed by atoms with Gasteiger partial charge in [-0.1, -0.05) is 17.8 Å². The first kappa shape index (κ1) is 6.68. The minimum absolute atomic E-state index is 1.07. The van der Waals surface area contributed by atoms with Crippen molar-refractivity contribution in [1.29, 1.82) is 0 Å². The minimum Gasteiger partial charge on any atom is -0.143 e. The number of hydrogen-bond donors (Lipinski definition) is 0. The van der Waals surface area contributed by atoms with Crippen LogP contribution in [0, 0.1) is 6.92 Å². The Morgan fingerprint density at radius 2 is 2.33 bits per heavy atom. The Kier molecular flexibility index (Phi) is 2.16. The van der Waals surface area contributed by atoms with Gasteiger partial charge in [-0.25, -0.2) is 0 Å². The van der Waals surface area contributed by atoms with Gasteiger partial charge in [0.15, 0.2) is 0 Å². The van der Waals surface area contributed by atoms with Crippen molar-refractivity contribution in [1.82, 2.24) is 9.59 Å². The quantitative estimate of drug-likeness (QED) is 0.629. The van der Waals surface area contributed by atoms with E-state index in [2.05, 4.69) is 23.4 Å². The first-order valence-electron chi connectivity index (χ1n) is 3.12. The monoisotopic (exact) mass is 142 g/mol. The van der Waals surface area contributed by atoms with E-state index in [1.165, 1.54) is 22.1 Å². The van der Waals surface area contributed by atoms with Crippen molar-refractivity contribution in [2.75, 3.05) is 0 Å². The molecule has 0 aliphatic carbocycles. The van der Waals surface area contributed by atoms with Crippen molar-refractivity contribution < 1.29 is 0 Å². The standard InChI is InChI=1S/C6H10N2S/c1-3-4-6-5(2)9-8-7-6/h3-4H2,1-2H3. The second-order valence-corrected chi connectivity index (χ2v) is 2.98. The van der Waals surface area contributed by atoms with E-state index in [4.69, 9.17) is 0 Å². The molecule has 2 nitrogen and oxygen atoms in total. The van der Waals surface area contributed by atoms with E-state index < -0.39 is 0 Å². The predicted octanol–water partition coefficient (Wildman–Crippen LogP) is 1.80. The van der Waals surface area contributed by atoms with Gasteiger partial charge in [-0.05, 0) is 24.9 Å². The fourth-order valence-corrected chi connectivity index (χ4v) is 1.23. The second-order valence-electron chi connectivity index (χ2n) is 2.03. The summed E-state index contributed by atoms with van der Waals surface area (Å²) in [5.74, 6) is 0. The van der Waals surface area contributed by atoms with Crippen LogP contribution in [0.3, 0.4) is 0 Å². The zero-order valence-electron chi connectivity index (χ0n) is 5.72. The van der Waals surface area contributed by atoms with Crippen LogP contribution in [0.25, 0.3) is 0 Å². The van der Waals surface area contributed by atoms with Crippen LogP contribution >= 0.6 is 11.5 Å². The molecule has 0 aromatic carbocycles. The van der Waals surface area contributed by atoms with Crippen molar-refractivity contribution in [3.8, 4) is 0 Å². The Hall–Kier alpha value is -0.440. The van der Waals surface area contributed by atoms with Crippen LogP contribution in [0.2, 0.25) is 0 Å². The second kappa shape index (κ2) is 2.92. The van der Waals surface area contributed by atoms with E-state index in [0.29, 0.717) is 0 Å². The molecule has 0 amide bonds. The summed E-state index contributed by atoms with van der Waals surface area (Å²) in [5, 5.41) is 3.97. The van der Waals surface area contributed by atoms with Crippen LogP contribution in [-0.4, -0.2) is 9.59 Å². The fraction of sp³-hybridized carbons (Fsp3) is 0.667. The van der Waals surface area contributed by atoms with Crippen LogP contribution < -0.4 is 0 Å². The normalized spacial score (nSPS) is 10.0. The lowest BCUT2D eigenvalue weighted by Gasteiger charge is -1.88. The summed E-state index contributed by atoms with van der Waals surface area (Å²) < 4.78 is 3.83. The summed E-state index contributed by atoms with van der Waals surface area (Å²) >= 11 is 1.48. The van der Waals surface area contributed by atoms with Crippen molar-refractivity contribution >= 4 is 11.5 Å². The zero-order chi connectivity index (χ0) is 6.69. The Morgan fingerprint density at radius 1 is 1.56 bits per heavy atom. The highest BCUT2D eigenvalue weighted by molar-refractivity contribution is 7.05. The van der Waals surface area contributed by atoms with Crippen LogP contribution in [0.15, 0.2) is 0 Å². The van der Waals surface area contributed by atoms with Crippen molar-refractivity contribution in [2.45, 2.75) is 26.7 Å². The van der Waals surface area contributed by atoms with Gasteiger partial charge >= 0.3 is 0 Å². The fourth-order valence-electron chi connectivity index (χ4n) is 0.717. The number of aryl methyl sites for hydroxylation is 2. The highest BCUT2D eigenvalue weighted by Gasteiger charge is 1.99. The van der Waals surface area contributed by atoms with Crippen molar-refractivity contribution in [3.63, 3.8) is 0 Å². The molecule has 1 aromatic heterocycles. The average Bonchev–Trinajstić information content (AvgIpc) is 2.18. The summed E-state index contributed by atoms with van der Waals surface area (Å²) in [5.41, 5.74) is 1.17. The topological polar surface area (TPSA) is 25.8 Å². The Labute approximate surface area is 59.1 Å². The maximum absolute atomic E-state index is 3.97. The van der Waals surface area contributed by atoms with Crippen molar-refractivity contribution in [3.05, 3.63) is 10.6 Å². The van der Waals surface area contributed by atoms with E-state index in [1.54, 1.807) is 0 Å². The maximum Gasteiger partial charge on any atom is 0.0784 e. The van der Waals surface area contributed by atoms with Crippen molar-refractivity contribution in [2.24, 2.45) is 0 Å². The number of nitrogens with zero attached hydrogens (tertiary/aromatic N) is 2. The molecular formula is C6H10N2S. The number of rotatable bonds is 2. The van der Waals surface area contributed by atoms with E-state index >= 15 is 0 Å². The molecular weight excluding hydrogens is 132 g/mol. The molecule has 0 radical (unpaired) electrons. The molecule has 0 N–H and O–H groups in total. The number of hydrogen-bond acceptors (Lipinski definition) is 3. The first-order valence-corrected chi connectivity index (χ1v) is 3.89.